The van der Waals surface area contributed by atoms with Gasteiger partial charge in [0.25, 0.3) is 0 Å². The zero-order chi connectivity index (χ0) is 17.8. The number of anilines is 1. The molecule has 4 rings (SSSR count). The molecule has 5 nitrogen and oxygen atoms in total. The Balaban J connectivity index is 1.35. The van der Waals surface area contributed by atoms with E-state index in [-0.39, 0.29) is 11.8 Å². The fourth-order valence-electron chi connectivity index (χ4n) is 3.43. The van der Waals surface area contributed by atoms with Gasteiger partial charge in [-0.15, -0.1) is 11.3 Å². The number of likely N-dealkylation sites (tertiary alicyclic amines) is 1. The Labute approximate surface area is 157 Å². The Morgan fingerprint density at radius 2 is 2.15 bits per heavy atom. The molecule has 2 N–H and O–H groups in total. The van der Waals surface area contributed by atoms with Crippen LogP contribution in [0.1, 0.15) is 18.4 Å². The first kappa shape index (κ1) is 17.0. The number of rotatable bonds is 5. The average Bonchev–Trinajstić information content (AvgIpc) is 3.34. The van der Waals surface area contributed by atoms with Gasteiger partial charge in [0.15, 0.2) is 5.82 Å². The number of thiophene rings is 1. The molecule has 1 aliphatic heterocycles. The number of hydrogen-bond donors (Lipinski definition) is 2. The van der Waals surface area contributed by atoms with Gasteiger partial charge in [0.1, 0.15) is 0 Å². The van der Waals surface area contributed by atoms with Crippen molar-refractivity contribution in [2.75, 3.05) is 18.4 Å². The SMILES string of the molecule is O=C(Nc1cc(-c2cccs2)[nH]n1)C1CCCN(Cc2ccccc2)C1. The van der Waals surface area contributed by atoms with Gasteiger partial charge in [0, 0.05) is 19.2 Å². The van der Waals surface area contributed by atoms with E-state index in [1.165, 1.54) is 5.56 Å². The van der Waals surface area contributed by atoms with Crippen LogP contribution in [-0.4, -0.2) is 34.1 Å². The van der Waals surface area contributed by atoms with E-state index < -0.39 is 0 Å². The number of hydrogen-bond acceptors (Lipinski definition) is 4. The third-order valence-electron chi connectivity index (χ3n) is 4.74. The van der Waals surface area contributed by atoms with E-state index in [0.29, 0.717) is 5.82 Å². The second-order valence-corrected chi connectivity index (χ2v) is 7.64. The Morgan fingerprint density at radius 3 is 2.96 bits per heavy atom. The molecule has 0 aliphatic carbocycles. The first-order valence-corrected chi connectivity index (χ1v) is 9.82. The minimum absolute atomic E-state index is 0.00866. The topological polar surface area (TPSA) is 61.0 Å². The van der Waals surface area contributed by atoms with Crippen molar-refractivity contribution in [3.05, 3.63) is 59.5 Å². The van der Waals surface area contributed by atoms with Gasteiger partial charge in [0.05, 0.1) is 16.5 Å². The number of benzene rings is 1. The number of nitrogens with one attached hydrogen (secondary N) is 2. The molecule has 6 heteroatoms. The summed E-state index contributed by atoms with van der Waals surface area (Å²) in [5.41, 5.74) is 2.23. The fraction of sp³-hybridized carbons (Fsp3) is 0.300. The minimum Gasteiger partial charge on any atom is -0.309 e. The lowest BCUT2D eigenvalue weighted by molar-refractivity contribution is -0.121. The van der Waals surface area contributed by atoms with Crippen molar-refractivity contribution in [3.63, 3.8) is 0 Å². The summed E-state index contributed by atoms with van der Waals surface area (Å²) in [4.78, 5) is 16.2. The Morgan fingerprint density at radius 1 is 1.27 bits per heavy atom. The zero-order valence-corrected chi connectivity index (χ0v) is 15.3. The molecule has 1 unspecified atom stereocenters. The van der Waals surface area contributed by atoms with Gasteiger partial charge in [0.2, 0.25) is 5.91 Å². The van der Waals surface area contributed by atoms with Gasteiger partial charge in [-0.3, -0.25) is 14.8 Å². The third-order valence-corrected chi connectivity index (χ3v) is 5.64. The Kier molecular flexibility index (Phi) is 5.13. The van der Waals surface area contributed by atoms with Crippen LogP contribution >= 0.6 is 11.3 Å². The van der Waals surface area contributed by atoms with E-state index in [4.69, 9.17) is 0 Å². The second kappa shape index (κ2) is 7.85. The number of piperidine rings is 1. The molecule has 1 fully saturated rings. The molecule has 3 aromatic rings. The third kappa shape index (κ3) is 4.03. The largest absolute Gasteiger partial charge is 0.309 e. The van der Waals surface area contributed by atoms with Crippen molar-refractivity contribution in [1.82, 2.24) is 15.1 Å². The molecule has 0 bridgehead atoms. The molecule has 2 aromatic heterocycles. The smallest absolute Gasteiger partial charge is 0.229 e. The van der Waals surface area contributed by atoms with Gasteiger partial charge in [-0.05, 0) is 36.4 Å². The summed E-state index contributed by atoms with van der Waals surface area (Å²) in [6.07, 6.45) is 1.98. The van der Waals surface area contributed by atoms with E-state index >= 15 is 0 Å². The summed E-state index contributed by atoms with van der Waals surface area (Å²) >= 11 is 1.65. The molecule has 1 aromatic carbocycles. The molecule has 1 atom stereocenters. The monoisotopic (exact) mass is 366 g/mol. The lowest BCUT2D eigenvalue weighted by Crippen LogP contribution is -2.40. The standard InChI is InChI=1S/C20H22N4OS/c25-20(21-19-12-17(22-23-19)18-9-5-11-26-18)16-8-4-10-24(14-16)13-15-6-2-1-3-7-15/h1-3,5-7,9,11-12,16H,4,8,10,13-14H2,(H2,21,22,23,25). The lowest BCUT2D eigenvalue weighted by Gasteiger charge is -2.31. The summed E-state index contributed by atoms with van der Waals surface area (Å²) in [5, 5.41) is 12.2. The summed E-state index contributed by atoms with van der Waals surface area (Å²) < 4.78 is 0. The summed E-state index contributed by atoms with van der Waals surface area (Å²) in [7, 11) is 0. The van der Waals surface area contributed by atoms with Crippen LogP contribution in [0.25, 0.3) is 10.6 Å². The molecule has 0 radical (unpaired) electrons. The molecular formula is C20H22N4OS. The number of amides is 1. The van der Waals surface area contributed by atoms with Crippen LogP contribution in [0.15, 0.2) is 53.9 Å². The summed E-state index contributed by atoms with van der Waals surface area (Å²) in [6, 6.07) is 16.4. The van der Waals surface area contributed by atoms with Gasteiger partial charge in [-0.25, -0.2) is 0 Å². The van der Waals surface area contributed by atoms with Gasteiger partial charge >= 0.3 is 0 Å². The number of aromatic amines is 1. The van der Waals surface area contributed by atoms with Gasteiger partial charge in [-0.2, -0.15) is 5.10 Å². The van der Waals surface area contributed by atoms with Crippen molar-refractivity contribution in [1.29, 1.82) is 0 Å². The van der Waals surface area contributed by atoms with E-state index in [2.05, 4.69) is 44.7 Å². The van der Waals surface area contributed by atoms with E-state index in [1.807, 2.05) is 29.6 Å². The number of H-pyrrole nitrogens is 1. The predicted molar refractivity (Wildman–Crippen MR) is 105 cm³/mol. The van der Waals surface area contributed by atoms with E-state index in [9.17, 15) is 4.79 Å². The Hall–Kier alpha value is -2.44. The van der Waals surface area contributed by atoms with Crippen LogP contribution in [0, 0.1) is 5.92 Å². The van der Waals surface area contributed by atoms with Crippen molar-refractivity contribution in [2.24, 2.45) is 5.92 Å². The quantitative estimate of drug-likeness (QED) is 0.718. The van der Waals surface area contributed by atoms with Crippen LogP contribution in [0.4, 0.5) is 5.82 Å². The first-order valence-electron chi connectivity index (χ1n) is 8.94. The molecule has 26 heavy (non-hydrogen) atoms. The number of carbonyl (C=O) groups excluding carboxylic acids is 1. The highest BCUT2D eigenvalue weighted by molar-refractivity contribution is 7.13. The van der Waals surface area contributed by atoms with Crippen LogP contribution in [-0.2, 0) is 11.3 Å². The summed E-state index contributed by atoms with van der Waals surface area (Å²) in [6.45, 7) is 2.74. The van der Waals surface area contributed by atoms with Crippen LogP contribution < -0.4 is 5.32 Å². The maximum Gasteiger partial charge on any atom is 0.229 e. The Bertz CT molecular complexity index is 844. The maximum absolute atomic E-state index is 12.7. The number of nitrogens with zero attached hydrogens (tertiary/aromatic N) is 2. The van der Waals surface area contributed by atoms with Crippen LogP contribution in [0.3, 0.4) is 0 Å². The van der Waals surface area contributed by atoms with Crippen molar-refractivity contribution in [2.45, 2.75) is 19.4 Å². The molecule has 1 saturated heterocycles. The second-order valence-electron chi connectivity index (χ2n) is 6.69. The number of carbonyl (C=O) groups is 1. The van der Waals surface area contributed by atoms with Gasteiger partial charge < -0.3 is 5.32 Å². The van der Waals surface area contributed by atoms with Crippen molar-refractivity contribution in [3.8, 4) is 10.6 Å². The highest BCUT2D eigenvalue weighted by Crippen LogP contribution is 2.25. The zero-order valence-electron chi connectivity index (χ0n) is 14.5. The molecule has 0 spiro atoms. The summed E-state index contributed by atoms with van der Waals surface area (Å²) in [5.74, 6) is 0.667. The molecule has 134 valence electrons. The molecule has 1 aliphatic rings. The highest BCUT2D eigenvalue weighted by atomic mass is 32.1. The van der Waals surface area contributed by atoms with Crippen LogP contribution in [0.2, 0.25) is 0 Å². The van der Waals surface area contributed by atoms with E-state index in [0.717, 1.165) is 43.0 Å². The normalized spacial score (nSPS) is 17.9. The predicted octanol–water partition coefficient (Wildman–Crippen LogP) is 3.99. The minimum atomic E-state index is 0.00866. The van der Waals surface area contributed by atoms with Crippen molar-refractivity contribution < 1.29 is 4.79 Å². The fourth-order valence-corrected chi connectivity index (χ4v) is 4.12. The molecular weight excluding hydrogens is 344 g/mol. The van der Waals surface area contributed by atoms with E-state index in [1.54, 1.807) is 11.3 Å². The number of aromatic nitrogens is 2. The first-order chi connectivity index (χ1) is 12.8. The van der Waals surface area contributed by atoms with Gasteiger partial charge in [-0.1, -0.05) is 36.4 Å². The maximum atomic E-state index is 12.7. The molecule has 1 amide bonds. The molecule has 0 saturated carbocycles. The lowest BCUT2D eigenvalue weighted by atomic mass is 9.96. The highest BCUT2D eigenvalue weighted by Gasteiger charge is 2.26. The van der Waals surface area contributed by atoms with Crippen molar-refractivity contribution >= 4 is 23.1 Å². The molecule has 3 heterocycles. The average molecular weight is 366 g/mol. The van der Waals surface area contributed by atoms with Crippen LogP contribution in [0.5, 0.6) is 0 Å².